The summed E-state index contributed by atoms with van der Waals surface area (Å²) >= 11 is 0. The zero-order valence-electron chi connectivity index (χ0n) is 18.0. The summed E-state index contributed by atoms with van der Waals surface area (Å²) < 4.78 is 13.4. The fraction of sp³-hybridized carbons (Fsp3) is 0.400. The first-order chi connectivity index (χ1) is 14.6. The van der Waals surface area contributed by atoms with Crippen LogP contribution in [0, 0.1) is 13.8 Å². The van der Waals surface area contributed by atoms with Crippen LogP contribution in [0.3, 0.4) is 0 Å². The Morgan fingerprint density at radius 2 is 1.77 bits per heavy atom. The van der Waals surface area contributed by atoms with Crippen molar-refractivity contribution in [2.24, 2.45) is 7.05 Å². The Bertz CT molecular complexity index is 1060. The lowest BCUT2D eigenvalue weighted by molar-refractivity contribution is 0.170. The van der Waals surface area contributed by atoms with E-state index in [1.165, 1.54) is 40.8 Å². The van der Waals surface area contributed by atoms with E-state index in [1.54, 1.807) is 0 Å². The molecule has 0 N–H and O–H groups in total. The van der Waals surface area contributed by atoms with Gasteiger partial charge < -0.3 is 9.47 Å². The van der Waals surface area contributed by atoms with E-state index < -0.39 is 0 Å². The summed E-state index contributed by atoms with van der Waals surface area (Å²) in [5, 5.41) is 4.56. The number of ether oxygens (including phenoxy) is 2. The number of hydrogen-bond donors (Lipinski definition) is 0. The van der Waals surface area contributed by atoms with E-state index in [4.69, 9.17) is 9.47 Å². The molecule has 0 radical (unpaired) electrons. The Balaban J connectivity index is 1.34. The van der Waals surface area contributed by atoms with Crippen molar-refractivity contribution in [3.05, 3.63) is 65.0 Å². The Morgan fingerprint density at radius 1 is 1.00 bits per heavy atom. The first kappa shape index (κ1) is 19.2. The molecule has 30 heavy (non-hydrogen) atoms. The number of rotatable bonds is 4. The molecule has 3 heterocycles. The molecule has 5 heteroatoms. The van der Waals surface area contributed by atoms with E-state index in [0.29, 0.717) is 19.3 Å². The second-order valence-corrected chi connectivity index (χ2v) is 8.40. The average Bonchev–Trinajstić information content (AvgIpc) is 3.32. The van der Waals surface area contributed by atoms with Crippen LogP contribution in [0.25, 0.3) is 11.1 Å². The van der Waals surface area contributed by atoms with Gasteiger partial charge in [0.1, 0.15) is 13.2 Å². The number of aromatic nitrogens is 2. The van der Waals surface area contributed by atoms with Crippen molar-refractivity contribution < 1.29 is 9.47 Å². The Hall–Kier alpha value is -2.79. The van der Waals surface area contributed by atoms with E-state index in [1.807, 2.05) is 11.7 Å². The zero-order chi connectivity index (χ0) is 20.7. The third-order valence-electron chi connectivity index (χ3n) is 6.45. The highest BCUT2D eigenvalue weighted by molar-refractivity contribution is 5.68. The van der Waals surface area contributed by atoms with Crippen LogP contribution in [0.2, 0.25) is 0 Å². The second kappa shape index (κ2) is 7.80. The van der Waals surface area contributed by atoms with Crippen LogP contribution in [-0.2, 0) is 13.6 Å². The van der Waals surface area contributed by atoms with Crippen molar-refractivity contribution in [3.63, 3.8) is 0 Å². The highest BCUT2D eigenvalue weighted by atomic mass is 16.6. The van der Waals surface area contributed by atoms with Gasteiger partial charge in [-0.1, -0.05) is 30.3 Å². The van der Waals surface area contributed by atoms with Crippen molar-refractivity contribution in [3.8, 4) is 22.6 Å². The SMILES string of the molecule is Cc1nn(C)c(C)c1-c1ccc(CN2CCCC2c2ccc3c(c2)OCCO3)cc1. The number of aryl methyl sites for hydroxylation is 2. The lowest BCUT2D eigenvalue weighted by Gasteiger charge is -2.26. The fourth-order valence-electron chi connectivity index (χ4n) is 4.86. The predicted molar refractivity (Wildman–Crippen MR) is 118 cm³/mol. The van der Waals surface area contributed by atoms with E-state index in [-0.39, 0.29) is 0 Å². The molecule has 2 aliphatic heterocycles. The van der Waals surface area contributed by atoms with E-state index in [9.17, 15) is 0 Å². The first-order valence-corrected chi connectivity index (χ1v) is 10.8. The minimum absolute atomic E-state index is 0.434. The molecule has 156 valence electrons. The maximum atomic E-state index is 5.80. The van der Waals surface area contributed by atoms with Crippen molar-refractivity contribution in [2.45, 2.75) is 39.3 Å². The molecule has 2 aliphatic rings. The average molecular weight is 404 g/mol. The lowest BCUT2D eigenvalue weighted by atomic mass is 10.0. The number of hydrogen-bond acceptors (Lipinski definition) is 4. The molecule has 0 saturated carbocycles. The van der Waals surface area contributed by atoms with Gasteiger partial charge in [-0.3, -0.25) is 9.58 Å². The number of fused-ring (bicyclic) bond motifs is 1. The second-order valence-electron chi connectivity index (χ2n) is 8.40. The van der Waals surface area contributed by atoms with Gasteiger partial charge in [0.05, 0.1) is 5.69 Å². The molecule has 1 aromatic heterocycles. The van der Waals surface area contributed by atoms with Crippen LogP contribution in [-0.4, -0.2) is 34.4 Å². The minimum Gasteiger partial charge on any atom is -0.486 e. The van der Waals surface area contributed by atoms with Crippen LogP contribution in [0.4, 0.5) is 0 Å². The summed E-state index contributed by atoms with van der Waals surface area (Å²) in [5.41, 5.74) is 7.46. The largest absolute Gasteiger partial charge is 0.486 e. The van der Waals surface area contributed by atoms with Gasteiger partial charge in [0, 0.05) is 30.9 Å². The number of likely N-dealkylation sites (tertiary alicyclic amines) is 1. The Morgan fingerprint density at radius 3 is 2.50 bits per heavy atom. The van der Waals surface area contributed by atoms with Gasteiger partial charge in [0.2, 0.25) is 0 Å². The molecular formula is C25H29N3O2. The predicted octanol–water partition coefficient (Wildman–Crippen LogP) is 4.81. The molecule has 0 amide bonds. The van der Waals surface area contributed by atoms with Crippen LogP contribution < -0.4 is 9.47 Å². The van der Waals surface area contributed by atoms with Gasteiger partial charge in [-0.2, -0.15) is 5.10 Å². The molecule has 1 fully saturated rings. The summed E-state index contributed by atoms with van der Waals surface area (Å²) in [6, 6.07) is 15.9. The van der Waals surface area contributed by atoms with Crippen LogP contribution in [0.1, 0.15) is 41.4 Å². The summed E-state index contributed by atoms with van der Waals surface area (Å²) in [5.74, 6) is 1.75. The van der Waals surface area contributed by atoms with Crippen molar-refractivity contribution >= 4 is 0 Å². The highest BCUT2D eigenvalue weighted by Gasteiger charge is 2.27. The van der Waals surface area contributed by atoms with Gasteiger partial charge in [-0.15, -0.1) is 0 Å². The number of benzene rings is 2. The normalized spacial score (nSPS) is 18.7. The summed E-state index contributed by atoms with van der Waals surface area (Å²) in [4.78, 5) is 2.58. The quantitative estimate of drug-likeness (QED) is 0.627. The third kappa shape index (κ3) is 3.47. The van der Waals surface area contributed by atoms with Gasteiger partial charge >= 0.3 is 0 Å². The van der Waals surface area contributed by atoms with Gasteiger partial charge in [0.25, 0.3) is 0 Å². The third-order valence-corrected chi connectivity index (χ3v) is 6.45. The summed E-state index contributed by atoms with van der Waals surface area (Å²) in [6.07, 6.45) is 2.41. The maximum absolute atomic E-state index is 5.80. The maximum Gasteiger partial charge on any atom is 0.161 e. The van der Waals surface area contributed by atoms with Crippen molar-refractivity contribution in [2.75, 3.05) is 19.8 Å². The van der Waals surface area contributed by atoms with E-state index >= 15 is 0 Å². The molecule has 3 aromatic rings. The molecular weight excluding hydrogens is 374 g/mol. The Kier molecular flexibility index (Phi) is 4.99. The van der Waals surface area contributed by atoms with Gasteiger partial charge in [-0.25, -0.2) is 0 Å². The number of nitrogens with zero attached hydrogens (tertiary/aromatic N) is 3. The lowest BCUT2D eigenvalue weighted by Crippen LogP contribution is -2.23. The van der Waals surface area contributed by atoms with Crippen molar-refractivity contribution in [1.29, 1.82) is 0 Å². The smallest absolute Gasteiger partial charge is 0.161 e. The topological polar surface area (TPSA) is 39.5 Å². The highest BCUT2D eigenvalue weighted by Crippen LogP contribution is 2.38. The summed E-state index contributed by atoms with van der Waals surface area (Å²) in [7, 11) is 2.01. The monoisotopic (exact) mass is 403 g/mol. The molecule has 2 aromatic carbocycles. The molecule has 1 saturated heterocycles. The van der Waals surface area contributed by atoms with E-state index in [0.717, 1.165) is 30.3 Å². The molecule has 5 rings (SSSR count). The van der Waals surface area contributed by atoms with Crippen LogP contribution in [0.15, 0.2) is 42.5 Å². The van der Waals surface area contributed by atoms with Crippen LogP contribution in [0.5, 0.6) is 11.5 Å². The first-order valence-electron chi connectivity index (χ1n) is 10.8. The molecule has 1 unspecified atom stereocenters. The summed E-state index contributed by atoms with van der Waals surface area (Å²) in [6.45, 7) is 7.57. The standard InChI is InChI=1S/C25H29N3O2/c1-17-25(18(2)27(3)26-17)20-8-6-19(7-9-20)16-28-12-4-5-22(28)21-10-11-23-24(15-21)30-14-13-29-23/h6-11,15,22H,4-5,12-14,16H2,1-3H3. The van der Waals surface area contributed by atoms with Crippen LogP contribution >= 0.6 is 0 Å². The molecule has 0 spiro atoms. The van der Waals surface area contributed by atoms with E-state index in [2.05, 4.69) is 66.3 Å². The minimum atomic E-state index is 0.434. The molecule has 1 atom stereocenters. The Labute approximate surface area is 178 Å². The molecule has 0 aliphatic carbocycles. The molecule has 5 nitrogen and oxygen atoms in total. The zero-order valence-corrected chi connectivity index (χ0v) is 18.0. The van der Waals surface area contributed by atoms with Gasteiger partial charge in [-0.05, 0) is 62.1 Å². The molecule has 0 bridgehead atoms. The van der Waals surface area contributed by atoms with Gasteiger partial charge in [0.15, 0.2) is 11.5 Å². The fourth-order valence-corrected chi connectivity index (χ4v) is 4.86. The van der Waals surface area contributed by atoms with Crippen molar-refractivity contribution in [1.82, 2.24) is 14.7 Å².